The first-order valence-corrected chi connectivity index (χ1v) is 7.61. The van der Waals surface area contributed by atoms with Crippen LogP contribution in [-0.2, 0) is 12.8 Å². The van der Waals surface area contributed by atoms with Crippen molar-refractivity contribution in [2.75, 3.05) is 25.5 Å². The molecule has 22 heavy (non-hydrogen) atoms. The van der Waals surface area contributed by atoms with Crippen molar-refractivity contribution in [2.24, 2.45) is 0 Å². The van der Waals surface area contributed by atoms with Gasteiger partial charge in [-0.15, -0.1) is 0 Å². The summed E-state index contributed by atoms with van der Waals surface area (Å²) in [6, 6.07) is 8.36. The van der Waals surface area contributed by atoms with Crippen LogP contribution in [0.2, 0.25) is 0 Å². The summed E-state index contributed by atoms with van der Waals surface area (Å²) >= 11 is 0. The van der Waals surface area contributed by atoms with Crippen LogP contribution in [0.4, 0.5) is 5.69 Å². The van der Waals surface area contributed by atoms with Crippen molar-refractivity contribution in [1.82, 2.24) is 15.5 Å². The number of nitrogens with zero attached hydrogens (tertiary/aromatic N) is 2. The lowest BCUT2D eigenvalue weighted by atomic mass is 10.1. The summed E-state index contributed by atoms with van der Waals surface area (Å²) in [4.78, 5) is 14.2. The molecule has 0 radical (unpaired) electrons. The number of anilines is 1. The van der Waals surface area contributed by atoms with Crippen molar-refractivity contribution < 1.29 is 4.79 Å². The minimum absolute atomic E-state index is 0.113. The Hall–Kier alpha value is -2.30. The molecule has 0 aliphatic heterocycles. The van der Waals surface area contributed by atoms with Crippen LogP contribution in [0.1, 0.15) is 34.2 Å². The molecule has 1 aromatic heterocycles. The first-order valence-electron chi connectivity index (χ1n) is 7.61. The quantitative estimate of drug-likeness (QED) is 0.860. The fraction of sp³-hybridized carbons (Fsp3) is 0.412. The second kappa shape index (κ2) is 7.11. The van der Waals surface area contributed by atoms with E-state index in [0.717, 1.165) is 24.1 Å². The van der Waals surface area contributed by atoms with Crippen LogP contribution >= 0.6 is 0 Å². The van der Waals surface area contributed by atoms with E-state index in [1.54, 1.807) is 0 Å². The molecule has 0 atom stereocenters. The van der Waals surface area contributed by atoms with Crippen molar-refractivity contribution in [3.05, 3.63) is 46.8 Å². The van der Waals surface area contributed by atoms with Gasteiger partial charge < -0.3 is 10.2 Å². The molecule has 0 saturated carbocycles. The van der Waals surface area contributed by atoms with Crippen LogP contribution in [0.5, 0.6) is 0 Å². The van der Waals surface area contributed by atoms with Crippen molar-refractivity contribution in [3.8, 4) is 0 Å². The maximum Gasteiger partial charge on any atom is 0.272 e. The van der Waals surface area contributed by atoms with Crippen LogP contribution in [0.25, 0.3) is 0 Å². The molecule has 0 spiro atoms. The van der Waals surface area contributed by atoms with E-state index in [2.05, 4.69) is 44.7 Å². The van der Waals surface area contributed by atoms with Crippen molar-refractivity contribution in [2.45, 2.75) is 26.7 Å². The summed E-state index contributed by atoms with van der Waals surface area (Å²) < 4.78 is 0. The van der Waals surface area contributed by atoms with E-state index in [1.165, 1.54) is 11.3 Å². The Kier molecular flexibility index (Phi) is 5.20. The van der Waals surface area contributed by atoms with Gasteiger partial charge in [-0.05, 0) is 37.5 Å². The number of hydrogen-bond donors (Lipinski definition) is 2. The number of nitrogens with one attached hydrogen (secondary N) is 2. The Labute approximate surface area is 131 Å². The molecule has 118 valence electrons. The Morgan fingerprint density at radius 2 is 1.95 bits per heavy atom. The number of H-pyrrole nitrogens is 1. The number of aryl methyl sites for hydroxylation is 1. The van der Waals surface area contributed by atoms with Gasteiger partial charge in [-0.3, -0.25) is 9.89 Å². The van der Waals surface area contributed by atoms with Gasteiger partial charge in [0.05, 0.1) is 0 Å². The molecular formula is C17H24N4O. The highest BCUT2D eigenvalue weighted by Gasteiger charge is 2.14. The zero-order chi connectivity index (χ0) is 16.1. The minimum atomic E-state index is -0.113. The number of benzene rings is 1. The standard InChI is InChI=1S/C17H24N4O/c1-5-15-12(2)16(20-19-15)17(22)18-11-10-13-6-8-14(9-7-13)21(3)4/h6-9H,5,10-11H2,1-4H3,(H,18,22)(H,19,20). The molecule has 0 unspecified atom stereocenters. The number of rotatable bonds is 6. The van der Waals surface area contributed by atoms with Gasteiger partial charge in [0.15, 0.2) is 5.69 Å². The molecule has 0 saturated heterocycles. The van der Waals surface area contributed by atoms with Gasteiger partial charge in [0.2, 0.25) is 0 Å². The highest BCUT2D eigenvalue weighted by Crippen LogP contribution is 2.13. The van der Waals surface area contributed by atoms with E-state index in [0.29, 0.717) is 12.2 Å². The molecule has 2 aromatic rings. The van der Waals surface area contributed by atoms with Gasteiger partial charge in [0.25, 0.3) is 5.91 Å². The number of carbonyl (C=O) groups excluding carboxylic acids is 1. The van der Waals surface area contributed by atoms with Gasteiger partial charge in [0.1, 0.15) is 0 Å². The molecule has 1 heterocycles. The number of aromatic amines is 1. The third kappa shape index (κ3) is 3.67. The number of aromatic nitrogens is 2. The summed E-state index contributed by atoms with van der Waals surface area (Å²) in [6.45, 7) is 4.57. The molecule has 2 rings (SSSR count). The third-order valence-electron chi connectivity index (χ3n) is 3.83. The second-order valence-electron chi connectivity index (χ2n) is 5.60. The van der Waals surface area contributed by atoms with Crippen molar-refractivity contribution in [1.29, 1.82) is 0 Å². The van der Waals surface area contributed by atoms with Crippen molar-refractivity contribution >= 4 is 11.6 Å². The Balaban J connectivity index is 1.87. The first kappa shape index (κ1) is 16.1. The van der Waals surface area contributed by atoms with Gasteiger partial charge in [-0.25, -0.2) is 0 Å². The second-order valence-corrected chi connectivity index (χ2v) is 5.60. The van der Waals surface area contributed by atoms with E-state index >= 15 is 0 Å². The fourth-order valence-corrected chi connectivity index (χ4v) is 2.36. The number of carbonyl (C=O) groups is 1. The van der Waals surface area contributed by atoms with Gasteiger partial charge in [-0.1, -0.05) is 19.1 Å². The molecule has 5 nitrogen and oxygen atoms in total. The topological polar surface area (TPSA) is 61.0 Å². The zero-order valence-corrected chi connectivity index (χ0v) is 13.7. The van der Waals surface area contributed by atoms with Crippen LogP contribution in [0.15, 0.2) is 24.3 Å². The van der Waals surface area contributed by atoms with E-state index < -0.39 is 0 Å². The Morgan fingerprint density at radius 3 is 2.50 bits per heavy atom. The molecule has 0 bridgehead atoms. The molecule has 2 N–H and O–H groups in total. The molecule has 1 aromatic carbocycles. The van der Waals surface area contributed by atoms with Gasteiger partial charge in [0, 0.05) is 37.6 Å². The van der Waals surface area contributed by atoms with Gasteiger partial charge >= 0.3 is 0 Å². The van der Waals surface area contributed by atoms with Crippen LogP contribution in [0.3, 0.4) is 0 Å². The molecule has 0 aliphatic rings. The van der Waals surface area contributed by atoms with E-state index in [1.807, 2.05) is 27.9 Å². The smallest absolute Gasteiger partial charge is 0.272 e. The summed E-state index contributed by atoms with van der Waals surface area (Å²) in [6.07, 6.45) is 1.66. The minimum Gasteiger partial charge on any atom is -0.378 e. The monoisotopic (exact) mass is 300 g/mol. The normalized spacial score (nSPS) is 10.5. The number of amides is 1. The molecule has 0 aliphatic carbocycles. The summed E-state index contributed by atoms with van der Waals surface area (Å²) in [5, 5.41) is 9.95. The summed E-state index contributed by atoms with van der Waals surface area (Å²) in [5.41, 5.74) is 4.84. The SMILES string of the molecule is CCc1[nH]nc(C(=O)NCCc2ccc(N(C)C)cc2)c1C. The third-order valence-corrected chi connectivity index (χ3v) is 3.83. The predicted octanol–water partition coefficient (Wildman–Crippen LogP) is 2.32. The van der Waals surface area contributed by atoms with Crippen LogP contribution in [0, 0.1) is 6.92 Å². The molecule has 5 heteroatoms. The Bertz CT molecular complexity index is 629. The maximum atomic E-state index is 12.1. The van der Waals surface area contributed by atoms with E-state index in [-0.39, 0.29) is 5.91 Å². The molecular weight excluding hydrogens is 276 g/mol. The highest BCUT2D eigenvalue weighted by molar-refractivity contribution is 5.93. The lowest BCUT2D eigenvalue weighted by molar-refractivity contribution is 0.0948. The van der Waals surface area contributed by atoms with Crippen LogP contribution in [-0.4, -0.2) is 36.7 Å². The molecule has 0 fully saturated rings. The van der Waals surface area contributed by atoms with Crippen LogP contribution < -0.4 is 10.2 Å². The summed E-state index contributed by atoms with van der Waals surface area (Å²) in [5.74, 6) is -0.113. The maximum absolute atomic E-state index is 12.1. The number of hydrogen-bond acceptors (Lipinski definition) is 3. The first-order chi connectivity index (χ1) is 10.5. The predicted molar refractivity (Wildman–Crippen MR) is 89.5 cm³/mol. The van der Waals surface area contributed by atoms with Gasteiger partial charge in [-0.2, -0.15) is 5.10 Å². The Morgan fingerprint density at radius 1 is 1.27 bits per heavy atom. The zero-order valence-electron chi connectivity index (χ0n) is 13.7. The largest absolute Gasteiger partial charge is 0.378 e. The fourth-order valence-electron chi connectivity index (χ4n) is 2.36. The summed E-state index contributed by atoms with van der Waals surface area (Å²) in [7, 11) is 4.04. The lowest BCUT2D eigenvalue weighted by Gasteiger charge is -2.12. The lowest BCUT2D eigenvalue weighted by Crippen LogP contribution is -2.26. The van der Waals surface area contributed by atoms with Crippen molar-refractivity contribution in [3.63, 3.8) is 0 Å². The average molecular weight is 300 g/mol. The highest BCUT2D eigenvalue weighted by atomic mass is 16.1. The van der Waals surface area contributed by atoms with E-state index in [9.17, 15) is 4.79 Å². The average Bonchev–Trinajstić information content (AvgIpc) is 2.88. The van der Waals surface area contributed by atoms with E-state index in [4.69, 9.17) is 0 Å². The molecule has 1 amide bonds.